The molecule has 4 rings (SSSR count). The number of furan rings is 1. The average molecular weight is 527 g/mol. The van der Waals surface area contributed by atoms with E-state index in [4.69, 9.17) is 14.1 Å². The Hall–Kier alpha value is -1.19. The molecule has 158 valence electrons. The number of thioether (sulfide) groups is 1. The number of hydrogen-bond acceptors (Lipinski definition) is 4. The van der Waals surface area contributed by atoms with Crippen molar-refractivity contribution in [3.63, 3.8) is 0 Å². The maximum Gasteiger partial charge on any atom is 0.191 e. The van der Waals surface area contributed by atoms with Crippen molar-refractivity contribution in [2.24, 2.45) is 4.99 Å². The molecule has 2 fully saturated rings. The van der Waals surface area contributed by atoms with Gasteiger partial charge in [-0.25, -0.2) is 4.99 Å². The smallest absolute Gasteiger partial charge is 0.191 e. The Morgan fingerprint density at radius 2 is 2.10 bits per heavy atom. The van der Waals surface area contributed by atoms with Gasteiger partial charge in [-0.1, -0.05) is 30.3 Å². The van der Waals surface area contributed by atoms with Crippen LogP contribution in [0.3, 0.4) is 0 Å². The number of ether oxygens (including phenoxy) is 1. The van der Waals surface area contributed by atoms with E-state index < -0.39 is 0 Å². The number of halogens is 1. The zero-order valence-electron chi connectivity index (χ0n) is 16.6. The second-order valence-electron chi connectivity index (χ2n) is 7.57. The molecule has 2 aromatic rings. The van der Waals surface area contributed by atoms with Crippen molar-refractivity contribution < 1.29 is 9.15 Å². The van der Waals surface area contributed by atoms with Crippen molar-refractivity contribution in [3.8, 4) is 0 Å². The number of benzene rings is 1. The largest absolute Gasteiger partial charge is 0.469 e. The first-order chi connectivity index (χ1) is 13.8. The van der Waals surface area contributed by atoms with Crippen LogP contribution < -0.4 is 10.6 Å². The first kappa shape index (κ1) is 22.5. The quantitative estimate of drug-likeness (QED) is 0.335. The molecule has 0 radical (unpaired) electrons. The van der Waals surface area contributed by atoms with E-state index in [9.17, 15) is 0 Å². The first-order valence-electron chi connectivity index (χ1n) is 10.1. The van der Waals surface area contributed by atoms with Gasteiger partial charge in [0.05, 0.1) is 18.4 Å². The molecule has 2 saturated heterocycles. The molecular weight excluding hydrogens is 497 g/mol. The highest BCUT2D eigenvalue weighted by molar-refractivity contribution is 14.0. The normalized spacial score (nSPS) is 24.3. The molecule has 0 bridgehead atoms. The molecule has 0 saturated carbocycles. The van der Waals surface area contributed by atoms with E-state index in [1.54, 1.807) is 6.26 Å². The maximum absolute atomic E-state index is 6.16. The van der Waals surface area contributed by atoms with Crippen LogP contribution in [0.1, 0.15) is 30.6 Å². The van der Waals surface area contributed by atoms with Gasteiger partial charge in [0.15, 0.2) is 5.96 Å². The molecule has 1 aromatic carbocycles. The van der Waals surface area contributed by atoms with E-state index in [0.29, 0.717) is 12.6 Å². The van der Waals surface area contributed by atoms with Gasteiger partial charge >= 0.3 is 0 Å². The lowest BCUT2D eigenvalue weighted by atomic mass is 9.90. The van der Waals surface area contributed by atoms with Crippen LogP contribution in [0.4, 0.5) is 0 Å². The Labute approximate surface area is 194 Å². The summed E-state index contributed by atoms with van der Waals surface area (Å²) in [5, 5.41) is 7.16. The second kappa shape index (κ2) is 11.3. The third-order valence-electron chi connectivity index (χ3n) is 5.41. The molecule has 3 heterocycles. The van der Waals surface area contributed by atoms with E-state index in [1.165, 1.54) is 11.3 Å². The van der Waals surface area contributed by atoms with Crippen LogP contribution in [0.25, 0.3) is 0 Å². The summed E-state index contributed by atoms with van der Waals surface area (Å²) in [6.07, 6.45) is 5.81. The molecule has 2 unspecified atom stereocenters. The Bertz CT molecular complexity index is 749. The molecule has 2 N–H and O–H groups in total. The average Bonchev–Trinajstić information content (AvgIpc) is 3.39. The molecule has 1 spiro atoms. The fraction of sp³-hybridized carbons (Fsp3) is 0.500. The summed E-state index contributed by atoms with van der Waals surface area (Å²) in [6.45, 7) is 2.29. The zero-order chi connectivity index (χ0) is 19.1. The lowest BCUT2D eigenvalue weighted by molar-refractivity contribution is -0.0679. The van der Waals surface area contributed by atoms with E-state index >= 15 is 0 Å². The maximum atomic E-state index is 6.16. The SMILES string of the molecule is I.c1ccc(CN=C(NCCc2ccco2)NC2CCOC3(CCSC3)C2)cc1. The van der Waals surface area contributed by atoms with Gasteiger partial charge in [-0.05, 0) is 42.7 Å². The summed E-state index contributed by atoms with van der Waals surface area (Å²) in [6, 6.07) is 14.7. The van der Waals surface area contributed by atoms with Crippen LogP contribution in [-0.4, -0.2) is 42.3 Å². The summed E-state index contributed by atoms with van der Waals surface area (Å²) in [4.78, 5) is 4.84. The van der Waals surface area contributed by atoms with Crippen molar-refractivity contribution in [2.75, 3.05) is 24.7 Å². The number of guanidine groups is 1. The van der Waals surface area contributed by atoms with Crippen LogP contribution >= 0.6 is 35.7 Å². The van der Waals surface area contributed by atoms with Gasteiger partial charge in [0.25, 0.3) is 0 Å². The van der Waals surface area contributed by atoms with Gasteiger partial charge in [0, 0.05) is 31.4 Å². The van der Waals surface area contributed by atoms with E-state index in [0.717, 1.165) is 56.3 Å². The minimum absolute atomic E-state index is 0. The molecular formula is C22H30IN3O2S. The van der Waals surface area contributed by atoms with Gasteiger partial charge in [0.1, 0.15) is 5.76 Å². The van der Waals surface area contributed by atoms with Crippen molar-refractivity contribution in [3.05, 3.63) is 60.1 Å². The topological polar surface area (TPSA) is 58.8 Å². The minimum atomic E-state index is 0. The predicted octanol–water partition coefficient (Wildman–Crippen LogP) is 4.23. The number of nitrogens with zero attached hydrogens (tertiary/aromatic N) is 1. The van der Waals surface area contributed by atoms with Gasteiger partial charge in [-0.15, -0.1) is 24.0 Å². The minimum Gasteiger partial charge on any atom is -0.469 e. The lowest BCUT2D eigenvalue weighted by Gasteiger charge is -2.38. The summed E-state index contributed by atoms with van der Waals surface area (Å²) in [7, 11) is 0. The Balaban J connectivity index is 0.00000240. The zero-order valence-corrected chi connectivity index (χ0v) is 19.8. The highest BCUT2D eigenvalue weighted by atomic mass is 127. The van der Waals surface area contributed by atoms with Crippen molar-refractivity contribution >= 4 is 41.7 Å². The molecule has 1 aromatic heterocycles. The first-order valence-corrected chi connectivity index (χ1v) is 11.3. The number of nitrogens with one attached hydrogen (secondary N) is 2. The molecule has 0 amide bonds. The van der Waals surface area contributed by atoms with Gasteiger partial charge in [0.2, 0.25) is 0 Å². The van der Waals surface area contributed by atoms with E-state index in [2.05, 4.69) is 34.9 Å². The number of hydrogen-bond donors (Lipinski definition) is 2. The second-order valence-corrected chi connectivity index (χ2v) is 8.68. The molecule has 29 heavy (non-hydrogen) atoms. The Kier molecular flexibility index (Phi) is 8.74. The summed E-state index contributed by atoms with van der Waals surface area (Å²) in [5.41, 5.74) is 1.28. The predicted molar refractivity (Wildman–Crippen MR) is 130 cm³/mol. The molecule has 7 heteroatoms. The fourth-order valence-corrected chi connectivity index (χ4v) is 5.25. The molecule has 0 aliphatic carbocycles. The van der Waals surface area contributed by atoms with E-state index in [-0.39, 0.29) is 29.6 Å². The molecule has 2 aliphatic rings. The monoisotopic (exact) mass is 527 g/mol. The van der Waals surface area contributed by atoms with Crippen LogP contribution in [0.5, 0.6) is 0 Å². The number of aliphatic imine (C=N–C) groups is 1. The summed E-state index contributed by atoms with van der Waals surface area (Å²) < 4.78 is 11.6. The van der Waals surface area contributed by atoms with Crippen LogP contribution in [-0.2, 0) is 17.7 Å². The van der Waals surface area contributed by atoms with E-state index in [1.807, 2.05) is 30.0 Å². The molecule has 2 atom stereocenters. The fourth-order valence-electron chi connectivity index (χ4n) is 3.87. The standard InChI is InChI=1S/C22H29N3O2S.HI/c1-2-5-18(6-3-1)16-24-21(23-11-8-20-7-4-12-26-20)25-19-9-13-27-22(15-19)10-14-28-17-22;/h1-7,12,19H,8-11,13-17H2,(H2,23,24,25);1H. The van der Waals surface area contributed by atoms with Crippen molar-refractivity contribution in [2.45, 2.75) is 43.9 Å². The van der Waals surface area contributed by atoms with Crippen LogP contribution in [0, 0.1) is 0 Å². The Morgan fingerprint density at radius 1 is 1.21 bits per heavy atom. The lowest BCUT2D eigenvalue weighted by Crippen LogP contribution is -2.51. The van der Waals surface area contributed by atoms with Gasteiger partial charge in [-0.2, -0.15) is 11.8 Å². The van der Waals surface area contributed by atoms with Crippen LogP contribution in [0.2, 0.25) is 0 Å². The third kappa shape index (κ3) is 6.65. The summed E-state index contributed by atoms with van der Waals surface area (Å²) >= 11 is 2.01. The molecule has 2 aliphatic heterocycles. The number of rotatable bonds is 6. The van der Waals surface area contributed by atoms with Crippen LogP contribution in [0.15, 0.2) is 58.1 Å². The highest BCUT2D eigenvalue weighted by Gasteiger charge is 2.40. The van der Waals surface area contributed by atoms with Crippen molar-refractivity contribution in [1.29, 1.82) is 0 Å². The third-order valence-corrected chi connectivity index (χ3v) is 6.63. The summed E-state index contributed by atoms with van der Waals surface area (Å²) in [5.74, 6) is 4.20. The molecule has 5 nitrogen and oxygen atoms in total. The Morgan fingerprint density at radius 3 is 2.86 bits per heavy atom. The van der Waals surface area contributed by atoms with Gasteiger partial charge < -0.3 is 19.8 Å². The van der Waals surface area contributed by atoms with Crippen molar-refractivity contribution in [1.82, 2.24) is 10.6 Å². The highest BCUT2D eigenvalue weighted by Crippen LogP contribution is 2.38. The van der Waals surface area contributed by atoms with Gasteiger partial charge in [-0.3, -0.25) is 0 Å².